The number of alkyl halides is 3. The van der Waals surface area contributed by atoms with E-state index >= 15 is 0 Å². The summed E-state index contributed by atoms with van der Waals surface area (Å²) in [5, 5.41) is 0. The Balaban J connectivity index is 2.58. The van der Waals surface area contributed by atoms with E-state index in [1.54, 1.807) is 6.07 Å². The summed E-state index contributed by atoms with van der Waals surface area (Å²) in [6.45, 7) is 0. The van der Waals surface area contributed by atoms with Crippen molar-refractivity contribution in [3.05, 3.63) is 34.9 Å². The van der Waals surface area contributed by atoms with Gasteiger partial charge in [-0.05, 0) is 30.0 Å². The third-order valence-corrected chi connectivity index (χ3v) is 2.60. The Kier molecular flexibility index (Phi) is 2.03. The van der Waals surface area contributed by atoms with Crippen molar-refractivity contribution < 1.29 is 13.2 Å². The van der Waals surface area contributed by atoms with E-state index in [0.29, 0.717) is 18.4 Å². The molecule has 0 aromatic heterocycles. The molecule has 4 heteroatoms. The highest BCUT2D eigenvalue weighted by molar-refractivity contribution is 5.42. The second-order valence-electron chi connectivity index (χ2n) is 3.52. The smallest absolute Gasteiger partial charge is 0.324 e. The molecule has 0 heterocycles. The minimum absolute atomic E-state index is 0.292. The minimum atomic E-state index is -4.28. The van der Waals surface area contributed by atoms with Gasteiger partial charge in [0.15, 0.2) is 0 Å². The quantitative estimate of drug-likeness (QED) is 0.686. The van der Waals surface area contributed by atoms with Crippen LogP contribution in [-0.4, -0.2) is 0 Å². The zero-order chi connectivity index (χ0) is 10.3. The number of benzene rings is 1. The number of fused-ring (bicyclic) bond motifs is 1. The van der Waals surface area contributed by atoms with Crippen LogP contribution in [0.5, 0.6) is 0 Å². The second-order valence-corrected chi connectivity index (χ2v) is 3.52. The summed E-state index contributed by atoms with van der Waals surface area (Å²) in [7, 11) is 0. The van der Waals surface area contributed by atoms with Crippen LogP contribution in [0.4, 0.5) is 13.2 Å². The summed E-state index contributed by atoms with van der Waals surface area (Å²) < 4.78 is 37.7. The maximum Gasteiger partial charge on any atom is 0.416 e. The summed E-state index contributed by atoms with van der Waals surface area (Å²) in [5.74, 6) is 0. The first-order chi connectivity index (χ1) is 6.50. The number of halogens is 3. The van der Waals surface area contributed by atoms with Crippen molar-refractivity contribution in [2.24, 2.45) is 5.73 Å². The van der Waals surface area contributed by atoms with E-state index in [9.17, 15) is 13.2 Å². The molecule has 0 saturated carbocycles. The Hall–Kier alpha value is -1.03. The lowest BCUT2D eigenvalue weighted by Gasteiger charge is -2.14. The number of hydrogen-bond donors (Lipinski definition) is 1. The summed E-state index contributed by atoms with van der Waals surface area (Å²) in [4.78, 5) is 0. The van der Waals surface area contributed by atoms with E-state index in [4.69, 9.17) is 5.73 Å². The highest BCUT2D eigenvalue weighted by Gasteiger charge is 2.37. The minimum Gasteiger partial charge on any atom is -0.324 e. The second kappa shape index (κ2) is 2.98. The predicted octanol–water partition coefficient (Wildman–Crippen LogP) is 2.65. The Bertz CT molecular complexity index is 357. The molecule has 0 amide bonds. The monoisotopic (exact) mass is 201 g/mol. The van der Waals surface area contributed by atoms with Crippen LogP contribution >= 0.6 is 0 Å². The van der Waals surface area contributed by atoms with E-state index in [0.717, 1.165) is 11.6 Å². The van der Waals surface area contributed by atoms with Gasteiger partial charge in [-0.25, -0.2) is 0 Å². The number of aryl methyl sites for hydroxylation is 1. The molecule has 0 bridgehead atoms. The Labute approximate surface area is 79.7 Å². The molecule has 2 rings (SSSR count). The maximum absolute atomic E-state index is 12.6. The largest absolute Gasteiger partial charge is 0.416 e. The normalized spacial score (nSPS) is 21.0. The van der Waals surface area contributed by atoms with Gasteiger partial charge in [0.2, 0.25) is 0 Å². The van der Waals surface area contributed by atoms with Crippen LogP contribution in [0.3, 0.4) is 0 Å². The fraction of sp³-hybridized carbons (Fsp3) is 0.400. The highest BCUT2D eigenvalue weighted by Crippen LogP contribution is 2.40. The average molecular weight is 201 g/mol. The van der Waals surface area contributed by atoms with Gasteiger partial charge in [-0.2, -0.15) is 13.2 Å². The fourth-order valence-corrected chi connectivity index (χ4v) is 1.97. The zero-order valence-electron chi connectivity index (χ0n) is 7.43. The molecule has 0 unspecified atom stereocenters. The summed E-state index contributed by atoms with van der Waals surface area (Å²) in [6, 6.07) is 3.81. The van der Waals surface area contributed by atoms with Crippen molar-refractivity contribution in [1.82, 2.24) is 0 Å². The molecule has 0 radical (unpaired) electrons. The Morgan fingerprint density at radius 1 is 1.29 bits per heavy atom. The van der Waals surface area contributed by atoms with Crippen LogP contribution in [0.2, 0.25) is 0 Å². The molecule has 1 aliphatic rings. The van der Waals surface area contributed by atoms with Crippen LogP contribution in [0, 0.1) is 0 Å². The van der Waals surface area contributed by atoms with Crippen LogP contribution in [0.15, 0.2) is 18.2 Å². The zero-order valence-corrected chi connectivity index (χ0v) is 7.43. The first kappa shape index (κ1) is 9.52. The molecule has 1 aliphatic carbocycles. The van der Waals surface area contributed by atoms with Gasteiger partial charge in [0, 0.05) is 6.04 Å². The van der Waals surface area contributed by atoms with E-state index in [1.807, 2.05) is 0 Å². The van der Waals surface area contributed by atoms with Crippen molar-refractivity contribution in [3.63, 3.8) is 0 Å². The molecule has 1 nitrogen and oxygen atoms in total. The van der Waals surface area contributed by atoms with Gasteiger partial charge in [0.25, 0.3) is 0 Å². The number of rotatable bonds is 0. The van der Waals surface area contributed by atoms with Crippen molar-refractivity contribution >= 4 is 0 Å². The van der Waals surface area contributed by atoms with Crippen LogP contribution < -0.4 is 5.73 Å². The number of hydrogen-bond acceptors (Lipinski definition) is 1. The first-order valence-corrected chi connectivity index (χ1v) is 4.44. The van der Waals surface area contributed by atoms with Crippen LogP contribution in [0.25, 0.3) is 0 Å². The number of nitrogens with two attached hydrogens (primary N) is 1. The molecule has 1 aromatic rings. The lowest BCUT2D eigenvalue weighted by molar-refractivity contribution is -0.138. The van der Waals surface area contributed by atoms with Gasteiger partial charge >= 0.3 is 6.18 Å². The van der Waals surface area contributed by atoms with Crippen LogP contribution in [0.1, 0.15) is 29.2 Å². The van der Waals surface area contributed by atoms with Crippen molar-refractivity contribution in [3.8, 4) is 0 Å². The maximum atomic E-state index is 12.6. The molecule has 14 heavy (non-hydrogen) atoms. The predicted molar refractivity (Wildman–Crippen MR) is 46.7 cm³/mol. The van der Waals surface area contributed by atoms with Gasteiger partial charge in [-0.15, -0.1) is 0 Å². The van der Waals surface area contributed by atoms with Crippen molar-refractivity contribution in [2.75, 3.05) is 0 Å². The molecule has 2 N–H and O–H groups in total. The molecule has 1 aromatic carbocycles. The van der Waals surface area contributed by atoms with Gasteiger partial charge in [0.1, 0.15) is 0 Å². The van der Waals surface area contributed by atoms with Gasteiger partial charge in [0.05, 0.1) is 5.56 Å². The van der Waals surface area contributed by atoms with E-state index in [1.165, 1.54) is 6.07 Å². The molecule has 76 valence electrons. The summed E-state index contributed by atoms with van der Waals surface area (Å²) >= 11 is 0. The van der Waals surface area contributed by atoms with E-state index in [-0.39, 0.29) is 0 Å². The topological polar surface area (TPSA) is 26.0 Å². The lowest BCUT2D eigenvalue weighted by atomic mass is 10.0. The fourth-order valence-electron chi connectivity index (χ4n) is 1.97. The highest BCUT2D eigenvalue weighted by atomic mass is 19.4. The molecular formula is C10H10F3N. The Morgan fingerprint density at radius 2 is 2.00 bits per heavy atom. The first-order valence-electron chi connectivity index (χ1n) is 4.44. The molecule has 0 saturated heterocycles. The SMILES string of the molecule is N[C@H]1CCc2cccc(C(F)(F)F)c21. The molecule has 0 aliphatic heterocycles. The Morgan fingerprint density at radius 3 is 2.64 bits per heavy atom. The molecule has 1 atom stereocenters. The average Bonchev–Trinajstić information content (AvgIpc) is 2.46. The summed E-state index contributed by atoms with van der Waals surface area (Å²) in [6.07, 6.45) is -3.02. The van der Waals surface area contributed by atoms with Crippen molar-refractivity contribution in [1.29, 1.82) is 0 Å². The third kappa shape index (κ3) is 1.39. The van der Waals surface area contributed by atoms with E-state index in [2.05, 4.69) is 0 Å². The van der Waals surface area contributed by atoms with Gasteiger partial charge in [-0.1, -0.05) is 12.1 Å². The van der Waals surface area contributed by atoms with Crippen molar-refractivity contribution in [2.45, 2.75) is 25.1 Å². The molecule has 0 spiro atoms. The van der Waals surface area contributed by atoms with E-state index < -0.39 is 17.8 Å². The molecule has 0 fully saturated rings. The standard InChI is InChI=1S/C10H10F3N/c11-10(12,13)7-3-1-2-6-4-5-8(14)9(6)7/h1-3,8H,4-5,14H2/t8-/m0/s1. The lowest BCUT2D eigenvalue weighted by Crippen LogP contribution is -2.14. The van der Waals surface area contributed by atoms with Crippen LogP contribution in [-0.2, 0) is 12.6 Å². The summed E-state index contributed by atoms with van der Waals surface area (Å²) in [5.41, 5.74) is 6.11. The third-order valence-electron chi connectivity index (χ3n) is 2.60. The van der Waals surface area contributed by atoms with Gasteiger partial charge < -0.3 is 5.73 Å². The van der Waals surface area contributed by atoms with Gasteiger partial charge in [-0.3, -0.25) is 0 Å². The molecular weight excluding hydrogens is 191 g/mol.